The average molecular weight is 351 g/mol. The van der Waals surface area contributed by atoms with Crippen molar-refractivity contribution in [2.24, 2.45) is 10.9 Å². The number of imidazole rings is 1. The first-order valence-electron chi connectivity index (χ1n) is 8.66. The molecule has 0 spiro atoms. The molecule has 1 aliphatic heterocycles. The normalized spacial score (nSPS) is 19.7. The third kappa shape index (κ3) is 3.46. The van der Waals surface area contributed by atoms with E-state index in [9.17, 15) is 4.79 Å². The molecule has 7 heteroatoms. The minimum atomic E-state index is -0.173. The van der Waals surface area contributed by atoms with E-state index >= 15 is 0 Å². The van der Waals surface area contributed by atoms with Crippen molar-refractivity contribution in [2.45, 2.75) is 19.8 Å². The summed E-state index contributed by atoms with van der Waals surface area (Å²) in [7, 11) is 1.63. The molecule has 7 nitrogen and oxygen atoms in total. The third-order valence-electron chi connectivity index (χ3n) is 4.44. The lowest BCUT2D eigenvalue weighted by Gasteiger charge is -2.10. The van der Waals surface area contributed by atoms with Crippen molar-refractivity contribution in [1.29, 1.82) is 0 Å². The summed E-state index contributed by atoms with van der Waals surface area (Å²) in [6.45, 7) is 2.71. The Morgan fingerprint density at radius 3 is 2.92 bits per heavy atom. The lowest BCUT2D eigenvalue weighted by molar-refractivity contribution is -0.115. The van der Waals surface area contributed by atoms with Crippen molar-refractivity contribution in [1.82, 2.24) is 20.2 Å². The Kier molecular flexibility index (Phi) is 4.20. The fraction of sp³-hybridized carbons (Fsp3) is 0.316. The zero-order valence-corrected chi connectivity index (χ0v) is 14.8. The average Bonchev–Trinajstić information content (AvgIpc) is 3.27. The van der Waals surface area contributed by atoms with Crippen LogP contribution in [0.4, 0.5) is 0 Å². The van der Waals surface area contributed by atoms with Crippen molar-refractivity contribution >= 4 is 17.9 Å². The van der Waals surface area contributed by atoms with E-state index in [0.717, 1.165) is 23.5 Å². The standard InChI is InChI=1S/C19H21N5O2/c1-12-10-24(11-21-12)16-6-5-14(8-17(16)26-2)7-15-18(25)23-19(22-15)20-9-13-3-4-13/h5-8,10-11,13H,3-4,9H2,1-2H3,(H2,20,22,23,25)/b15-7-. The minimum Gasteiger partial charge on any atom is -0.495 e. The van der Waals surface area contributed by atoms with Gasteiger partial charge in [0.25, 0.3) is 5.91 Å². The molecule has 1 aromatic carbocycles. The maximum Gasteiger partial charge on any atom is 0.274 e. The second-order valence-electron chi connectivity index (χ2n) is 6.62. The molecular weight excluding hydrogens is 330 g/mol. The number of aromatic nitrogens is 2. The number of guanidine groups is 1. The van der Waals surface area contributed by atoms with Gasteiger partial charge in [-0.1, -0.05) is 6.07 Å². The van der Waals surface area contributed by atoms with Crippen molar-refractivity contribution in [3.05, 3.63) is 47.7 Å². The zero-order chi connectivity index (χ0) is 18.1. The lowest BCUT2D eigenvalue weighted by atomic mass is 10.1. The molecule has 2 heterocycles. The van der Waals surface area contributed by atoms with Crippen LogP contribution in [0.25, 0.3) is 11.8 Å². The molecule has 4 rings (SSSR count). The largest absolute Gasteiger partial charge is 0.495 e. The molecule has 1 saturated heterocycles. The Hall–Kier alpha value is -3.09. The molecule has 0 radical (unpaired) electrons. The highest BCUT2D eigenvalue weighted by atomic mass is 16.5. The van der Waals surface area contributed by atoms with Crippen LogP contribution in [0.1, 0.15) is 24.1 Å². The van der Waals surface area contributed by atoms with E-state index in [1.54, 1.807) is 19.5 Å². The molecular formula is C19H21N5O2. The van der Waals surface area contributed by atoms with Crippen LogP contribution in [-0.4, -0.2) is 35.1 Å². The van der Waals surface area contributed by atoms with Gasteiger partial charge in [-0.25, -0.2) is 4.98 Å². The number of benzene rings is 1. The number of aliphatic imine (C=N–C) groups is 1. The van der Waals surface area contributed by atoms with E-state index in [0.29, 0.717) is 23.3 Å². The van der Waals surface area contributed by atoms with Gasteiger partial charge in [-0.05, 0) is 49.5 Å². The van der Waals surface area contributed by atoms with Gasteiger partial charge < -0.3 is 14.6 Å². The van der Waals surface area contributed by atoms with Gasteiger partial charge in [0.2, 0.25) is 5.96 Å². The topological polar surface area (TPSA) is 80.5 Å². The predicted octanol–water partition coefficient (Wildman–Crippen LogP) is 2.02. The number of nitrogens with zero attached hydrogens (tertiary/aromatic N) is 3. The fourth-order valence-corrected chi connectivity index (χ4v) is 2.81. The second-order valence-corrected chi connectivity index (χ2v) is 6.62. The van der Waals surface area contributed by atoms with Crippen LogP contribution in [0.2, 0.25) is 0 Å². The van der Waals surface area contributed by atoms with E-state index in [4.69, 9.17) is 4.74 Å². The number of aryl methyl sites for hydroxylation is 1. The van der Waals surface area contributed by atoms with E-state index in [1.807, 2.05) is 35.9 Å². The Morgan fingerprint density at radius 1 is 1.38 bits per heavy atom. The predicted molar refractivity (Wildman–Crippen MR) is 99.1 cm³/mol. The number of rotatable bonds is 5. The summed E-state index contributed by atoms with van der Waals surface area (Å²) >= 11 is 0. The van der Waals surface area contributed by atoms with Gasteiger partial charge in [0.1, 0.15) is 11.4 Å². The van der Waals surface area contributed by atoms with Crippen LogP contribution < -0.4 is 15.4 Å². The van der Waals surface area contributed by atoms with Crippen molar-refractivity contribution in [3.63, 3.8) is 0 Å². The van der Waals surface area contributed by atoms with E-state index in [-0.39, 0.29) is 5.91 Å². The van der Waals surface area contributed by atoms with Crippen LogP contribution in [0.3, 0.4) is 0 Å². The molecule has 26 heavy (non-hydrogen) atoms. The Labute approximate surface area is 151 Å². The second kappa shape index (κ2) is 6.67. The molecule has 2 aromatic rings. The number of carbonyl (C=O) groups excluding carboxylic acids is 1. The fourth-order valence-electron chi connectivity index (χ4n) is 2.81. The summed E-state index contributed by atoms with van der Waals surface area (Å²) in [4.78, 5) is 20.8. The molecule has 0 unspecified atom stereocenters. The summed E-state index contributed by atoms with van der Waals surface area (Å²) in [5.41, 5.74) is 3.17. The minimum absolute atomic E-state index is 0.173. The summed E-state index contributed by atoms with van der Waals surface area (Å²) in [6.07, 6.45) is 7.94. The van der Waals surface area contributed by atoms with Crippen molar-refractivity contribution < 1.29 is 9.53 Å². The van der Waals surface area contributed by atoms with Crippen molar-refractivity contribution in [3.8, 4) is 11.4 Å². The highest BCUT2D eigenvalue weighted by Crippen LogP contribution is 2.29. The number of methoxy groups -OCH3 is 1. The Morgan fingerprint density at radius 2 is 2.23 bits per heavy atom. The van der Waals surface area contributed by atoms with Gasteiger partial charge in [-0.15, -0.1) is 0 Å². The van der Waals surface area contributed by atoms with E-state index in [1.165, 1.54) is 12.8 Å². The van der Waals surface area contributed by atoms with Crippen LogP contribution in [0, 0.1) is 12.8 Å². The van der Waals surface area contributed by atoms with E-state index in [2.05, 4.69) is 20.6 Å². The smallest absolute Gasteiger partial charge is 0.274 e. The monoisotopic (exact) mass is 351 g/mol. The Bertz CT molecular complexity index is 908. The molecule has 0 bridgehead atoms. The lowest BCUT2D eigenvalue weighted by Crippen LogP contribution is -2.25. The molecule has 2 fully saturated rings. The summed E-state index contributed by atoms with van der Waals surface area (Å²) in [5.74, 6) is 1.74. The first-order chi connectivity index (χ1) is 12.6. The zero-order valence-electron chi connectivity index (χ0n) is 14.8. The van der Waals surface area contributed by atoms with Gasteiger partial charge in [0.15, 0.2) is 0 Å². The number of hydrogen-bond acceptors (Lipinski definition) is 4. The summed E-state index contributed by atoms with van der Waals surface area (Å²) in [6, 6.07) is 5.78. The molecule has 0 atom stereocenters. The third-order valence-corrected chi connectivity index (χ3v) is 4.44. The van der Waals surface area contributed by atoms with Crippen LogP contribution in [0.5, 0.6) is 5.75 Å². The molecule has 2 N–H and O–H groups in total. The highest BCUT2D eigenvalue weighted by molar-refractivity contribution is 6.15. The maximum atomic E-state index is 12.1. The number of ether oxygens (including phenoxy) is 1. The maximum absolute atomic E-state index is 12.1. The first kappa shape index (κ1) is 16.4. The summed E-state index contributed by atoms with van der Waals surface area (Å²) in [5, 5.41) is 5.82. The van der Waals surface area contributed by atoms with E-state index < -0.39 is 0 Å². The van der Waals surface area contributed by atoms with Crippen molar-refractivity contribution in [2.75, 3.05) is 13.7 Å². The molecule has 134 valence electrons. The van der Waals surface area contributed by atoms with Gasteiger partial charge in [0, 0.05) is 12.7 Å². The quantitative estimate of drug-likeness (QED) is 0.808. The first-order valence-corrected chi connectivity index (χ1v) is 8.66. The highest BCUT2D eigenvalue weighted by Gasteiger charge is 2.24. The number of carbonyl (C=O) groups is 1. The molecule has 1 saturated carbocycles. The molecule has 1 aromatic heterocycles. The van der Waals surface area contributed by atoms with Gasteiger partial charge in [0.05, 0.1) is 24.8 Å². The molecule has 1 amide bonds. The SMILES string of the molecule is COc1cc(/C=C2\NC(=NCC3CC3)NC2=O)ccc1-n1cnc(C)c1. The summed E-state index contributed by atoms with van der Waals surface area (Å²) < 4.78 is 7.42. The number of nitrogens with one attached hydrogen (secondary N) is 2. The van der Waals surface area contributed by atoms with Crippen LogP contribution in [0.15, 0.2) is 41.4 Å². The van der Waals surface area contributed by atoms with Gasteiger partial charge in [-0.2, -0.15) is 0 Å². The van der Waals surface area contributed by atoms with Gasteiger partial charge >= 0.3 is 0 Å². The molecule has 1 aliphatic carbocycles. The van der Waals surface area contributed by atoms with Gasteiger partial charge in [-0.3, -0.25) is 15.1 Å². The Balaban J connectivity index is 1.56. The van der Waals surface area contributed by atoms with Crippen LogP contribution >= 0.6 is 0 Å². The molecule has 2 aliphatic rings. The number of amides is 1. The van der Waals surface area contributed by atoms with Crippen LogP contribution in [-0.2, 0) is 4.79 Å². The number of hydrogen-bond donors (Lipinski definition) is 2.